The summed E-state index contributed by atoms with van der Waals surface area (Å²) in [4.78, 5) is 2.59. The highest BCUT2D eigenvalue weighted by molar-refractivity contribution is 5.58. The van der Waals surface area contributed by atoms with E-state index in [2.05, 4.69) is 49.3 Å². The van der Waals surface area contributed by atoms with E-state index in [-0.39, 0.29) is 0 Å². The van der Waals surface area contributed by atoms with Crippen molar-refractivity contribution in [3.05, 3.63) is 23.8 Å². The van der Waals surface area contributed by atoms with Crippen molar-refractivity contribution in [2.24, 2.45) is 0 Å². The van der Waals surface area contributed by atoms with Crippen LogP contribution in [-0.2, 0) is 0 Å². The summed E-state index contributed by atoms with van der Waals surface area (Å²) >= 11 is 0. The fraction of sp³-hybridized carbons (Fsp3) is 0.667. The predicted molar refractivity (Wildman–Crippen MR) is 88.2 cm³/mol. The zero-order valence-corrected chi connectivity index (χ0v) is 13.6. The number of aryl methyl sites for hydroxylation is 1. The summed E-state index contributed by atoms with van der Waals surface area (Å²) in [5, 5.41) is 3.76. The quantitative estimate of drug-likeness (QED) is 0.891. The average molecular weight is 288 g/mol. The second kappa shape index (κ2) is 6.27. The summed E-state index contributed by atoms with van der Waals surface area (Å²) in [6.45, 7) is 5.06. The third-order valence-corrected chi connectivity index (χ3v) is 5.06. The topological polar surface area (TPSA) is 24.5 Å². The molecular formula is C18H28N2O. The maximum Gasteiger partial charge on any atom is 0.142 e. The number of nitrogens with one attached hydrogen (secondary N) is 1. The minimum Gasteiger partial charge on any atom is -0.491 e. The molecule has 0 radical (unpaired) electrons. The standard InChI is InChI=1S/C18H28N2O/c1-4-9-21-18-10-13(2)5-8-17(18)19-14-11-15-6-7-16(12-14)20(15)3/h5,8,10,14-16,19H,4,6-7,9,11-12H2,1-3H3. The Bertz CT molecular complexity index is 474. The fourth-order valence-electron chi connectivity index (χ4n) is 3.83. The molecule has 2 heterocycles. The summed E-state index contributed by atoms with van der Waals surface area (Å²) in [6, 6.07) is 8.64. The molecule has 2 unspecified atom stereocenters. The first-order valence-corrected chi connectivity index (χ1v) is 8.39. The van der Waals surface area contributed by atoms with E-state index in [1.54, 1.807) is 0 Å². The lowest BCUT2D eigenvalue weighted by atomic mass is 9.97. The van der Waals surface area contributed by atoms with Crippen molar-refractivity contribution >= 4 is 5.69 Å². The van der Waals surface area contributed by atoms with Crippen LogP contribution < -0.4 is 10.1 Å². The van der Waals surface area contributed by atoms with Gasteiger partial charge in [0.05, 0.1) is 12.3 Å². The summed E-state index contributed by atoms with van der Waals surface area (Å²) in [5.41, 5.74) is 2.43. The lowest BCUT2D eigenvalue weighted by Gasteiger charge is -2.37. The molecule has 0 aliphatic carbocycles. The average Bonchev–Trinajstić information content (AvgIpc) is 2.70. The molecule has 1 N–H and O–H groups in total. The summed E-state index contributed by atoms with van der Waals surface area (Å²) in [5.74, 6) is 1.02. The lowest BCUT2D eigenvalue weighted by molar-refractivity contribution is 0.168. The van der Waals surface area contributed by atoms with Crippen LogP contribution in [0.2, 0.25) is 0 Å². The Morgan fingerprint density at radius 1 is 1.24 bits per heavy atom. The molecular weight excluding hydrogens is 260 g/mol. The van der Waals surface area contributed by atoms with Gasteiger partial charge in [0.2, 0.25) is 0 Å². The molecule has 21 heavy (non-hydrogen) atoms. The Morgan fingerprint density at radius 2 is 1.95 bits per heavy atom. The number of ether oxygens (including phenoxy) is 1. The zero-order valence-electron chi connectivity index (χ0n) is 13.6. The predicted octanol–water partition coefficient (Wildman–Crippen LogP) is 3.82. The third kappa shape index (κ3) is 3.18. The summed E-state index contributed by atoms with van der Waals surface area (Å²) in [6.07, 6.45) is 6.30. The van der Waals surface area contributed by atoms with Crippen LogP contribution in [0.1, 0.15) is 44.6 Å². The van der Waals surface area contributed by atoms with E-state index >= 15 is 0 Å². The second-order valence-electron chi connectivity index (χ2n) is 6.71. The van der Waals surface area contributed by atoms with Crippen molar-refractivity contribution in [1.29, 1.82) is 0 Å². The van der Waals surface area contributed by atoms with Gasteiger partial charge in [0.15, 0.2) is 0 Å². The van der Waals surface area contributed by atoms with E-state index < -0.39 is 0 Å². The van der Waals surface area contributed by atoms with E-state index in [4.69, 9.17) is 4.74 Å². The molecule has 2 atom stereocenters. The maximum absolute atomic E-state index is 5.93. The number of nitrogens with zero attached hydrogens (tertiary/aromatic N) is 1. The van der Waals surface area contributed by atoms with Gasteiger partial charge in [0, 0.05) is 18.1 Å². The number of hydrogen-bond acceptors (Lipinski definition) is 3. The van der Waals surface area contributed by atoms with E-state index in [1.165, 1.54) is 36.9 Å². The Hall–Kier alpha value is -1.22. The molecule has 0 amide bonds. The molecule has 3 nitrogen and oxygen atoms in total. The normalized spacial score (nSPS) is 28.6. The van der Waals surface area contributed by atoms with Gasteiger partial charge in [-0.1, -0.05) is 13.0 Å². The van der Waals surface area contributed by atoms with Gasteiger partial charge in [0.25, 0.3) is 0 Å². The van der Waals surface area contributed by atoms with Crippen molar-refractivity contribution in [1.82, 2.24) is 4.90 Å². The fourth-order valence-corrected chi connectivity index (χ4v) is 3.83. The lowest BCUT2D eigenvalue weighted by Crippen LogP contribution is -2.44. The molecule has 1 aromatic carbocycles. The van der Waals surface area contributed by atoms with Gasteiger partial charge in [-0.3, -0.25) is 0 Å². The van der Waals surface area contributed by atoms with Crippen LogP contribution in [0, 0.1) is 6.92 Å². The maximum atomic E-state index is 5.93. The smallest absolute Gasteiger partial charge is 0.142 e. The molecule has 3 rings (SSSR count). The minimum atomic E-state index is 0.588. The number of rotatable bonds is 5. The highest BCUT2D eigenvalue weighted by Gasteiger charge is 2.38. The molecule has 2 aliphatic rings. The molecule has 116 valence electrons. The van der Waals surface area contributed by atoms with Crippen molar-refractivity contribution in [3.63, 3.8) is 0 Å². The van der Waals surface area contributed by atoms with Crippen LogP contribution in [-0.4, -0.2) is 36.7 Å². The Kier molecular flexibility index (Phi) is 4.39. The van der Waals surface area contributed by atoms with Crippen LogP contribution in [0.5, 0.6) is 5.75 Å². The van der Waals surface area contributed by atoms with Crippen LogP contribution >= 0.6 is 0 Å². The highest BCUT2D eigenvalue weighted by atomic mass is 16.5. The number of benzene rings is 1. The Balaban J connectivity index is 1.70. The van der Waals surface area contributed by atoms with Gasteiger partial charge in [-0.15, -0.1) is 0 Å². The monoisotopic (exact) mass is 288 g/mol. The second-order valence-corrected chi connectivity index (χ2v) is 6.71. The van der Waals surface area contributed by atoms with E-state index in [0.717, 1.165) is 30.9 Å². The summed E-state index contributed by atoms with van der Waals surface area (Å²) in [7, 11) is 2.29. The first-order valence-electron chi connectivity index (χ1n) is 8.39. The van der Waals surface area contributed by atoms with Gasteiger partial charge < -0.3 is 15.0 Å². The molecule has 2 fully saturated rings. The number of hydrogen-bond donors (Lipinski definition) is 1. The van der Waals surface area contributed by atoms with Gasteiger partial charge in [-0.2, -0.15) is 0 Å². The van der Waals surface area contributed by atoms with Crippen molar-refractivity contribution < 1.29 is 4.74 Å². The van der Waals surface area contributed by atoms with Gasteiger partial charge in [-0.05, 0) is 63.8 Å². The number of fused-ring (bicyclic) bond motifs is 2. The highest BCUT2D eigenvalue weighted by Crippen LogP contribution is 2.36. The largest absolute Gasteiger partial charge is 0.491 e. The van der Waals surface area contributed by atoms with Crippen molar-refractivity contribution in [2.75, 3.05) is 19.0 Å². The number of piperidine rings is 1. The van der Waals surface area contributed by atoms with Gasteiger partial charge in [0.1, 0.15) is 5.75 Å². The van der Waals surface area contributed by atoms with Crippen LogP contribution in [0.3, 0.4) is 0 Å². The van der Waals surface area contributed by atoms with Crippen LogP contribution in [0.25, 0.3) is 0 Å². The minimum absolute atomic E-state index is 0.588. The Labute approximate surface area is 128 Å². The van der Waals surface area contributed by atoms with E-state index in [0.29, 0.717) is 6.04 Å². The van der Waals surface area contributed by atoms with Crippen molar-refractivity contribution in [3.8, 4) is 5.75 Å². The molecule has 2 bridgehead atoms. The molecule has 2 aliphatic heterocycles. The first kappa shape index (κ1) is 14.7. The first-order chi connectivity index (χ1) is 10.2. The number of anilines is 1. The molecule has 1 aromatic rings. The Morgan fingerprint density at radius 3 is 2.62 bits per heavy atom. The summed E-state index contributed by atoms with van der Waals surface area (Å²) < 4.78 is 5.93. The molecule has 0 aromatic heterocycles. The third-order valence-electron chi connectivity index (χ3n) is 5.06. The van der Waals surface area contributed by atoms with E-state index in [1.807, 2.05) is 0 Å². The molecule has 0 saturated carbocycles. The van der Waals surface area contributed by atoms with Crippen LogP contribution in [0.15, 0.2) is 18.2 Å². The van der Waals surface area contributed by atoms with Gasteiger partial charge in [-0.25, -0.2) is 0 Å². The zero-order chi connectivity index (χ0) is 14.8. The molecule has 2 saturated heterocycles. The SMILES string of the molecule is CCCOc1cc(C)ccc1NC1CC2CCC(C1)N2C. The van der Waals surface area contributed by atoms with Crippen LogP contribution in [0.4, 0.5) is 5.69 Å². The molecule has 0 spiro atoms. The van der Waals surface area contributed by atoms with Crippen molar-refractivity contribution in [2.45, 2.75) is 64.1 Å². The molecule has 3 heteroatoms. The van der Waals surface area contributed by atoms with E-state index in [9.17, 15) is 0 Å². The van der Waals surface area contributed by atoms with Gasteiger partial charge >= 0.3 is 0 Å².